The molecule has 0 radical (unpaired) electrons. The van der Waals surface area contributed by atoms with Crippen molar-refractivity contribution in [3.63, 3.8) is 0 Å². The van der Waals surface area contributed by atoms with Crippen LogP contribution in [-0.4, -0.2) is 84.1 Å². The van der Waals surface area contributed by atoms with Crippen LogP contribution in [0.3, 0.4) is 0 Å². The molecule has 7 heteroatoms. The second-order valence-electron chi connectivity index (χ2n) is 7.82. The van der Waals surface area contributed by atoms with Gasteiger partial charge < -0.3 is 14.5 Å². The van der Waals surface area contributed by atoms with Gasteiger partial charge in [0.15, 0.2) is 0 Å². The Labute approximate surface area is 149 Å². The predicted molar refractivity (Wildman–Crippen MR) is 92.6 cm³/mol. The lowest BCUT2D eigenvalue weighted by Gasteiger charge is -2.50. The Balaban J connectivity index is 1.52. The number of likely N-dealkylation sites (tertiary alicyclic amines) is 1. The number of hydrogen-bond acceptors (Lipinski definition) is 5. The molecule has 1 aliphatic carbocycles. The second-order valence-corrected chi connectivity index (χ2v) is 7.82. The van der Waals surface area contributed by atoms with E-state index < -0.39 is 0 Å². The van der Waals surface area contributed by atoms with Crippen LogP contribution in [0.15, 0.2) is 0 Å². The SMILES string of the molecule is COCCN1C(=O)C2CC(C(=O)N3CCCC3)NN2C2CCCCC21. The molecule has 3 heterocycles. The zero-order valence-electron chi connectivity index (χ0n) is 15.2. The molecule has 3 saturated heterocycles. The van der Waals surface area contributed by atoms with Gasteiger partial charge in [-0.3, -0.25) is 9.59 Å². The minimum Gasteiger partial charge on any atom is -0.383 e. The van der Waals surface area contributed by atoms with Crippen molar-refractivity contribution in [1.82, 2.24) is 20.2 Å². The number of rotatable bonds is 4. The second kappa shape index (κ2) is 7.21. The molecule has 0 bridgehead atoms. The van der Waals surface area contributed by atoms with Crippen LogP contribution in [-0.2, 0) is 14.3 Å². The number of hydrazine groups is 1. The molecular weight excluding hydrogens is 320 g/mol. The maximum atomic E-state index is 13.1. The summed E-state index contributed by atoms with van der Waals surface area (Å²) in [5.74, 6) is 0.347. The van der Waals surface area contributed by atoms with Crippen LogP contribution in [0.1, 0.15) is 44.9 Å². The van der Waals surface area contributed by atoms with Gasteiger partial charge in [0.2, 0.25) is 11.8 Å². The van der Waals surface area contributed by atoms with Gasteiger partial charge in [-0.2, -0.15) is 0 Å². The topological polar surface area (TPSA) is 65.1 Å². The predicted octanol–water partition coefficient (Wildman–Crippen LogP) is 0.356. The van der Waals surface area contributed by atoms with Crippen molar-refractivity contribution < 1.29 is 14.3 Å². The molecule has 140 valence electrons. The normalized spacial score (nSPS) is 35.8. The summed E-state index contributed by atoms with van der Waals surface area (Å²) in [4.78, 5) is 29.9. The maximum absolute atomic E-state index is 13.1. The van der Waals surface area contributed by atoms with Gasteiger partial charge in [0.1, 0.15) is 12.1 Å². The monoisotopic (exact) mass is 350 g/mol. The van der Waals surface area contributed by atoms with Crippen molar-refractivity contribution in [2.45, 2.75) is 69.1 Å². The van der Waals surface area contributed by atoms with E-state index in [2.05, 4.69) is 10.4 Å². The number of piperazine rings is 1. The number of hydrogen-bond donors (Lipinski definition) is 1. The molecule has 2 amide bonds. The summed E-state index contributed by atoms with van der Waals surface area (Å²) in [6.07, 6.45) is 7.31. The molecule has 4 unspecified atom stereocenters. The molecule has 7 nitrogen and oxygen atoms in total. The molecular formula is C18H30N4O3. The van der Waals surface area contributed by atoms with Crippen molar-refractivity contribution in [2.75, 3.05) is 33.4 Å². The van der Waals surface area contributed by atoms with Crippen molar-refractivity contribution in [3.05, 3.63) is 0 Å². The average Bonchev–Trinajstić information content (AvgIpc) is 3.31. The van der Waals surface area contributed by atoms with E-state index in [0.29, 0.717) is 25.6 Å². The molecule has 0 spiro atoms. The van der Waals surface area contributed by atoms with Gasteiger partial charge in [-0.1, -0.05) is 12.8 Å². The van der Waals surface area contributed by atoms with E-state index in [0.717, 1.165) is 38.8 Å². The molecule has 25 heavy (non-hydrogen) atoms. The Morgan fingerprint density at radius 1 is 1.16 bits per heavy atom. The third-order valence-corrected chi connectivity index (χ3v) is 6.37. The molecule has 3 aliphatic heterocycles. The first-order valence-corrected chi connectivity index (χ1v) is 9.83. The summed E-state index contributed by atoms with van der Waals surface area (Å²) in [7, 11) is 1.68. The highest BCUT2D eigenvalue weighted by Crippen LogP contribution is 2.36. The van der Waals surface area contributed by atoms with Crippen LogP contribution in [0.5, 0.6) is 0 Å². The lowest BCUT2D eigenvalue weighted by molar-refractivity contribution is -0.154. The fraction of sp³-hybridized carbons (Fsp3) is 0.889. The van der Waals surface area contributed by atoms with Gasteiger partial charge in [-0.25, -0.2) is 10.4 Å². The fourth-order valence-corrected chi connectivity index (χ4v) is 5.12. The van der Waals surface area contributed by atoms with Crippen molar-refractivity contribution in [3.8, 4) is 0 Å². The molecule has 0 aromatic heterocycles. The number of carbonyl (C=O) groups excluding carboxylic acids is 2. The number of fused-ring (bicyclic) bond motifs is 3. The summed E-state index contributed by atoms with van der Waals surface area (Å²) >= 11 is 0. The van der Waals surface area contributed by atoms with Crippen molar-refractivity contribution >= 4 is 11.8 Å². The summed E-state index contributed by atoms with van der Waals surface area (Å²) in [5, 5.41) is 2.15. The van der Waals surface area contributed by atoms with Crippen molar-refractivity contribution in [1.29, 1.82) is 0 Å². The largest absolute Gasteiger partial charge is 0.383 e. The molecule has 4 fully saturated rings. The summed E-state index contributed by atoms with van der Waals surface area (Å²) in [5.41, 5.74) is 3.44. The highest BCUT2D eigenvalue weighted by atomic mass is 16.5. The van der Waals surface area contributed by atoms with E-state index in [9.17, 15) is 9.59 Å². The number of nitrogens with one attached hydrogen (secondary N) is 1. The van der Waals surface area contributed by atoms with Crippen LogP contribution in [0.2, 0.25) is 0 Å². The third-order valence-electron chi connectivity index (χ3n) is 6.37. The summed E-state index contributed by atoms with van der Waals surface area (Å²) in [6.45, 7) is 2.96. The van der Waals surface area contributed by atoms with E-state index in [1.807, 2.05) is 9.80 Å². The Kier molecular flexibility index (Phi) is 4.97. The van der Waals surface area contributed by atoms with E-state index in [-0.39, 0.29) is 29.9 Å². The van der Waals surface area contributed by atoms with E-state index in [4.69, 9.17) is 4.74 Å². The van der Waals surface area contributed by atoms with Gasteiger partial charge >= 0.3 is 0 Å². The van der Waals surface area contributed by atoms with Gasteiger partial charge in [-0.05, 0) is 32.1 Å². The molecule has 4 rings (SSSR count). The lowest BCUT2D eigenvalue weighted by Crippen LogP contribution is -2.68. The van der Waals surface area contributed by atoms with E-state index in [1.54, 1.807) is 7.11 Å². The minimum absolute atomic E-state index is 0.171. The Hall–Kier alpha value is -1.18. The van der Waals surface area contributed by atoms with Crippen LogP contribution in [0, 0.1) is 0 Å². The highest BCUT2D eigenvalue weighted by Gasteiger charge is 2.53. The zero-order chi connectivity index (χ0) is 17.4. The fourth-order valence-electron chi connectivity index (χ4n) is 5.12. The number of amides is 2. The standard InChI is InChI=1S/C18H30N4O3/c1-25-11-10-21-14-6-2-3-7-15(14)22-16(18(21)24)12-13(19-22)17(23)20-8-4-5-9-20/h13-16,19H,2-12H2,1H3. The molecule has 1 saturated carbocycles. The van der Waals surface area contributed by atoms with Gasteiger partial charge in [0, 0.05) is 38.8 Å². The quantitative estimate of drug-likeness (QED) is 0.793. The van der Waals surface area contributed by atoms with Gasteiger partial charge in [0.05, 0.1) is 6.61 Å². The molecule has 0 aromatic carbocycles. The van der Waals surface area contributed by atoms with Crippen LogP contribution in [0.25, 0.3) is 0 Å². The maximum Gasteiger partial charge on any atom is 0.241 e. The highest BCUT2D eigenvalue weighted by molar-refractivity contribution is 5.88. The Morgan fingerprint density at radius 2 is 1.88 bits per heavy atom. The van der Waals surface area contributed by atoms with Gasteiger partial charge in [-0.15, -0.1) is 0 Å². The first-order valence-electron chi connectivity index (χ1n) is 9.83. The lowest BCUT2D eigenvalue weighted by atomic mass is 9.85. The molecule has 4 atom stereocenters. The van der Waals surface area contributed by atoms with Crippen LogP contribution >= 0.6 is 0 Å². The van der Waals surface area contributed by atoms with E-state index in [1.165, 1.54) is 12.8 Å². The minimum atomic E-state index is -0.239. The molecule has 1 N–H and O–H groups in total. The third kappa shape index (κ3) is 3.06. The van der Waals surface area contributed by atoms with Crippen LogP contribution < -0.4 is 5.43 Å². The molecule has 4 aliphatic rings. The zero-order valence-corrected chi connectivity index (χ0v) is 15.2. The number of nitrogens with zero attached hydrogens (tertiary/aromatic N) is 3. The first kappa shape index (κ1) is 17.2. The number of ether oxygens (including phenoxy) is 1. The Morgan fingerprint density at radius 3 is 2.60 bits per heavy atom. The van der Waals surface area contributed by atoms with Crippen molar-refractivity contribution in [2.24, 2.45) is 0 Å². The Bertz CT molecular complexity index is 522. The number of methoxy groups -OCH3 is 1. The summed E-state index contributed by atoms with van der Waals surface area (Å²) in [6, 6.07) is 0.134. The smallest absolute Gasteiger partial charge is 0.241 e. The number of carbonyl (C=O) groups is 2. The first-order chi connectivity index (χ1) is 12.2. The van der Waals surface area contributed by atoms with Crippen LogP contribution in [0.4, 0.5) is 0 Å². The average molecular weight is 350 g/mol. The summed E-state index contributed by atoms with van der Waals surface area (Å²) < 4.78 is 5.23. The molecule has 0 aromatic rings. The van der Waals surface area contributed by atoms with Gasteiger partial charge in [0.25, 0.3) is 0 Å². The van der Waals surface area contributed by atoms with E-state index >= 15 is 0 Å².